The van der Waals surface area contributed by atoms with Crippen molar-refractivity contribution < 1.29 is 20.1 Å². The molecule has 0 saturated carbocycles. The minimum Gasteiger partial charge on any atom is -0.504 e. The summed E-state index contributed by atoms with van der Waals surface area (Å²) in [6, 6.07) is 4.39. The summed E-state index contributed by atoms with van der Waals surface area (Å²) in [6.07, 6.45) is 3.90. The number of hydrogen-bond donors (Lipinski definition) is 3. The normalized spacial score (nSPS) is 19.9. The van der Waals surface area contributed by atoms with E-state index in [1.807, 2.05) is 0 Å². The molecule has 0 amide bonds. The van der Waals surface area contributed by atoms with Crippen molar-refractivity contribution in [3.8, 4) is 11.5 Å². The molecule has 1 aliphatic rings. The number of aliphatic hydroxyl groups excluding tert-OH is 1. The number of aromatic hydroxyl groups is 2. The van der Waals surface area contributed by atoms with E-state index in [2.05, 4.69) is 4.90 Å². The minimum atomic E-state index is -0.276. The zero-order chi connectivity index (χ0) is 14.5. The molecule has 20 heavy (non-hydrogen) atoms. The molecule has 110 valence electrons. The highest BCUT2D eigenvalue weighted by molar-refractivity contribution is 5.98. The van der Waals surface area contributed by atoms with Crippen LogP contribution in [0.5, 0.6) is 11.5 Å². The second-order valence-corrected chi connectivity index (χ2v) is 5.26. The van der Waals surface area contributed by atoms with Gasteiger partial charge >= 0.3 is 0 Å². The van der Waals surface area contributed by atoms with Crippen LogP contribution in [0.1, 0.15) is 36.0 Å². The molecule has 3 N–H and O–H groups in total. The number of rotatable bonds is 5. The second-order valence-electron chi connectivity index (χ2n) is 5.26. The lowest BCUT2D eigenvalue weighted by molar-refractivity contribution is 0.0798. The van der Waals surface area contributed by atoms with Gasteiger partial charge in [0.2, 0.25) is 0 Å². The smallest absolute Gasteiger partial charge is 0.176 e. The van der Waals surface area contributed by atoms with E-state index in [1.165, 1.54) is 18.2 Å². The molecule has 1 heterocycles. The number of carbonyl (C=O) groups is 1. The summed E-state index contributed by atoms with van der Waals surface area (Å²) in [7, 11) is 0. The number of carbonyl (C=O) groups excluding carboxylic acids is 1. The predicted octanol–water partition coefficient (Wildman–Crippen LogP) is 1.52. The summed E-state index contributed by atoms with van der Waals surface area (Å²) < 4.78 is 0. The van der Waals surface area contributed by atoms with Crippen LogP contribution in [0.15, 0.2) is 18.2 Å². The molecule has 5 heteroatoms. The van der Waals surface area contributed by atoms with Crippen molar-refractivity contribution >= 4 is 5.78 Å². The van der Waals surface area contributed by atoms with E-state index < -0.39 is 0 Å². The molecule has 1 atom stereocenters. The SMILES string of the molecule is O=C(CN1CCCCC1CCO)c1ccc(O)c(O)c1. The highest BCUT2D eigenvalue weighted by atomic mass is 16.3. The Morgan fingerprint density at radius 3 is 2.75 bits per heavy atom. The van der Waals surface area contributed by atoms with Crippen LogP contribution in [0.25, 0.3) is 0 Å². The molecule has 1 unspecified atom stereocenters. The van der Waals surface area contributed by atoms with Gasteiger partial charge in [0, 0.05) is 18.2 Å². The maximum Gasteiger partial charge on any atom is 0.176 e. The Hall–Kier alpha value is -1.59. The first-order chi connectivity index (χ1) is 9.61. The Morgan fingerprint density at radius 1 is 1.25 bits per heavy atom. The fourth-order valence-electron chi connectivity index (χ4n) is 2.72. The summed E-state index contributed by atoms with van der Waals surface area (Å²) in [5.74, 6) is -0.579. The molecule has 1 aromatic carbocycles. The van der Waals surface area contributed by atoms with Crippen molar-refractivity contribution in [3.05, 3.63) is 23.8 Å². The highest BCUT2D eigenvalue weighted by Gasteiger charge is 2.24. The number of Topliss-reactive ketones (excluding diaryl/α,β-unsaturated/α-hetero) is 1. The van der Waals surface area contributed by atoms with Gasteiger partial charge in [0.15, 0.2) is 17.3 Å². The molecule has 0 radical (unpaired) electrons. The highest BCUT2D eigenvalue weighted by Crippen LogP contribution is 2.26. The monoisotopic (exact) mass is 279 g/mol. The lowest BCUT2D eigenvalue weighted by atomic mass is 9.98. The van der Waals surface area contributed by atoms with Crippen LogP contribution in [0.2, 0.25) is 0 Å². The number of phenolic OH excluding ortho intramolecular Hbond substituents is 2. The van der Waals surface area contributed by atoms with E-state index >= 15 is 0 Å². The number of likely N-dealkylation sites (tertiary alicyclic amines) is 1. The van der Waals surface area contributed by atoms with Gasteiger partial charge in [-0.25, -0.2) is 0 Å². The van der Waals surface area contributed by atoms with Gasteiger partial charge < -0.3 is 15.3 Å². The van der Waals surface area contributed by atoms with Crippen LogP contribution in [-0.2, 0) is 0 Å². The Bertz CT molecular complexity index is 473. The van der Waals surface area contributed by atoms with Crippen molar-refractivity contribution in [3.63, 3.8) is 0 Å². The molecular weight excluding hydrogens is 258 g/mol. The second kappa shape index (κ2) is 6.72. The fourth-order valence-corrected chi connectivity index (χ4v) is 2.72. The first-order valence-corrected chi connectivity index (χ1v) is 7.02. The van der Waals surface area contributed by atoms with Crippen molar-refractivity contribution in [1.82, 2.24) is 4.90 Å². The van der Waals surface area contributed by atoms with Gasteiger partial charge in [0.25, 0.3) is 0 Å². The third-order valence-electron chi connectivity index (χ3n) is 3.86. The Labute approximate surface area is 118 Å². The molecular formula is C15H21NO4. The molecule has 1 aliphatic heterocycles. The van der Waals surface area contributed by atoms with E-state index in [9.17, 15) is 15.0 Å². The maximum absolute atomic E-state index is 12.2. The summed E-state index contributed by atoms with van der Waals surface area (Å²) in [6.45, 7) is 1.28. The zero-order valence-electron chi connectivity index (χ0n) is 11.5. The first-order valence-electron chi connectivity index (χ1n) is 7.02. The summed E-state index contributed by atoms with van der Waals surface area (Å²) in [5, 5.41) is 27.8. The van der Waals surface area contributed by atoms with Crippen molar-refractivity contribution in [2.45, 2.75) is 31.7 Å². The summed E-state index contributed by atoms with van der Waals surface area (Å²) in [5.41, 5.74) is 0.397. The van der Waals surface area contributed by atoms with Crippen LogP contribution in [0.4, 0.5) is 0 Å². The van der Waals surface area contributed by atoms with E-state index in [4.69, 9.17) is 5.11 Å². The van der Waals surface area contributed by atoms with Gasteiger partial charge in [-0.3, -0.25) is 9.69 Å². The van der Waals surface area contributed by atoms with E-state index in [1.54, 1.807) is 0 Å². The largest absolute Gasteiger partial charge is 0.504 e. The van der Waals surface area contributed by atoms with E-state index in [0.29, 0.717) is 12.0 Å². The van der Waals surface area contributed by atoms with Crippen LogP contribution in [0, 0.1) is 0 Å². The molecule has 0 aromatic heterocycles. The average Bonchev–Trinajstić information content (AvgIpc) is 2.44. The number of phenols is 2. The van der Waals surface area contributed by atoms with E-state index in [-0.39, 0.29) is 36.5 Å². The van der Waals surface area contributed by atoms with Crippen molar-refractivity contribution in [1.29, 1.82) is 0 Å². The number of aliphatic hydroxyl groups is 1. The number of nitrogens with zero attached hydrogens (tertiary/aromatic N) is 1. The third kappa shape index (κ3) is 3.49. The predicted molar refractivity (Wildman–Crippen MR) is 75.0 cm³/mol. The van der Waals surface area contributed by atoms with Crippen LogP contribution in [0.3, 0.4) is 0 Å². The van der Waals surface area contributed by atoms with Crippen LogP contribution >= 0.6 is 0 Å². The lowest BCUT2D eigenvalue weighted by Gasteiger charge is -2.34. The molecule has 1 aromatic rings. The number of benzene rings is 1. The van der Waals surface area contributed by atoms with Crippen LogP contribution < -0.4 is 0 Å². The summed E-state index contributed by atoms with van der Waals surface area (Å²) in [4.78, 5) is 14.3. The van der Waals surface area contributed by atoms with Crippen LogP contribution in [-0.4, -0.2) is 51.7 Å². The number of piperidine rings is 1. The van der Waals surface area contributed by atoms with Gasteiger partial charge in [-0.15, -0.1) is 0 Å². The molecule has 2 rings (SSSR count). The Morgan fingerprint density at radius 2 is 2.05 bits per heavy atom. The van der Waals surface area contributed by atoms with Crippen molar-refractivity contribution in [2.24, 2.45) is 0 Å². The Kier molecular flexibility index (Phi) is 4.98. The number of ketones is 1. The average molecular weight is 279 g/mol. The molecule has 1 saturated heterocycles. The topological polar surface area (TPSA) is 81.0 Å². The van der Waals surface area contributed by atoms with Gasteiger partial charge in [-0.1, -0.05) is 6.42 Å². The maximum atomic E-state index is 12.2. The minimum absolute atomic E-state index is 0.0786. The van der Waals surface area contributed by atoms with Crippen molar-refractivity contribution in [2.75, 3.05) is 19.7 Å². The third-order valence-corrected chi connectivity index (χ3v) is 3.86. The Balaban J connectivity index is 2.03. The van der Waals surface area contributed by atoms with E-state index in [0.717, 1.165) is 25.8 Å². The molecule has 0 aliphatic carbocycles. The quantitative estimate of drug-likeness (QED) is 0.562. The van der Waals surface area contributed by atoms with Gasteiger partial charge in [0.05, 0.1) is 6.54 Å². The zero-order valence-corrected chi connectivity index (χ0v) is 11.5. The fraction of sp³-hybridized carbons (Fsp3) is 0.533. The molecule has 5 nitrogen and oxygen atoms in total. The molecule has 0 bridgehead atoms. The summed E-state index contributed by atoms with van der Waals surface area (Å²) >= 11 is 0. The van der Waals surface area contributed by atoms with Gasteiger partial charge in [-0.2, -0.15) is 0 Å². The standard InChI is InChI=1S/C15H21NO4/c17-8-6-12-3-1-2-7-16(12)10-15(20)11-4-5-13(18)14(19)9-11/h4-5,9,12,17-19H,1-3,6-8,10H2. The molecule has 0 spiro atoms. The molecule has 1 fully saturated rings. The number of hydrogen-bond acceptors (Lipinski definition) is 5. The van der Waals surface area contributed by atoms with Gasteiger partial charge in [0.1, 0.15) is 0 Å². The first kappa shape index (κ1) is 14.8. The van der Waals surface area contributed by atoms with Gasteiger partial charge in [-0.05, 0) is 44.0 Å². The lowest BCUT2D eigenvalue weighted by Crippen LogP contribution is -2.43.